The summed E-state index contributed by atoms with van der Waals surface area (Å²) in [6.45, 7) is 7.35. The molecule has 1 aromatic carbocycles. The van der Waals surface area contributed by atoms with Gasteiger partial charge in [-0.25, -0.2) is 0 Å². The topological polar surface area (TPSA) is 49.4 Å². The molecule has 0 saturated carbocycles. The molecule has 2 heterocycles. The summed E-state index contributed by atoms with van der Waals surface area (Å²) >= 11 is 0. The van der Waals surface area contributed by atoms with E-state index in [1.54, 1.807) is 0 Å². The highest BCUT2D eigenvalue weighted by Crippen LogP contribution is 2.30. The maximum absolute atomic E-state index is 12.8. The van der Waals surface area contributed by atoms with E-state index in [1.807, 2.05) is 23.1 Å². The minimum atomic E-state index is 0.00295. The number of fused-ring (bicyclic) bond motifs is 1. The molecule has 112 valence electrons. The molecule has 4 nitrogen and oxygen atoms in total. The van der Waals surface area contributed by atoms with Gasteiger partial charge in [0, 0.05) is 23.8 Å². The molecule has 0 bridgehead atoms. The van der Waals surface area contributed by atoms with Crippen molar-refractivity contribution in [1.29, 1.82) is 0 Å². The van der Waals surface area contributed by atoms with Crippen molar-refractivity contribution in [3.8, 4) is 0 Å². The van der Waals surface area contributed by atoms with E-state index in [1.165, 1.54) is 6.42 Å². The summed E-state index contributed by atoms with van der Waals surface area (Å²) in [5, 5.41) is 2.81. The Morgan fingerprint density at radius 2 is 2.05 bits per heavy atom. The third-order valence-electron chi connectivity index (χ3n) is 4.84. The molecule has 2 amide bonds. The predicted octanol–water partition coefficient (Wildman–Crippen LogP) is 2.69. The van der Waals surface area contributed by atoms with Gasteiger partial charge in [-0.05, 0) is 42.9 Å². The first-order valence-electron chi connectivity index (χ1n) is 7.69. The van der Waals surface area contributed by atoms with Gasteiger partial charge in [0.15, 0.2) is 0 Å². The minimum Gasteiger partial charge on any atom is -0.335 e. The zero-order valence-electron chi connectivity index (χ0n) is 12.8. The van der Waals surface area contributed by atoms with Gasteiger partial charge in [0.05, 0.1) is 6.42 Å². The first-order valence-corrected chi connectivity index (χ1v) is 7.69. The normalized spacial score (nSPS) is 28.2. The van der Waals surface area contributed by atoms with Gasteiger partial charge in [-0.2, -0.15) is 0 Å². The molecule has 3 unspecified atom stereocenters. The van der Waals surface area contributed by atoms with Crippen LogP contribution in [0.1, 0.15) is 43.1 Å². The van der Waals surface area contributed by atoms with Crippen LogP contribution in [0.5, 0.6) is 0 Å². The highest BCUT2D eigenvalue weighted by Gasteiger charge is 2.32. The van der Waals surface area contributed by atoms with Crippen LogP contribution in [-0.4, -0.2) is 29.3 Å². The molecular formula is C17H22N2O2. The number of rotatable bonds is 1. The molecule has 0 aromatic heterocycles. The van der Waals surface area contributed by atoms with Gasteiger partial charge in [-0.15, -0.1) is 0 Å². The third-order valence-corrected chi connectivity index (χ3v) is 4.84. The van der Waals surface area contributed by atoms with E-state index in [9.17, 15) is 9.59 Å². The van der Waals surface area contributed by atoms with Crippen molar-refractivity contribution < 1.29 is 9.59 Å². The van der Waals surface area contributed by atoms with Crippen LogP contribution in [0.2, 0.25) is 0 Å². The van der Waals surface area contributed by atoms with Crippen molar-refractivity contribution in [1.82, 2.24) is 4.90 Å². The van der Waals surface area contributed by atoms with Crippen LogP contribution in [-0.2, 0) is 11.2 Å². The predicted molar refractivity (Wildman–Crippen MR) is 82.2 cm³/mol. The number of likely N-dealkylation sites (tertiary alicyclic amines) is 1. The Bertz CT molecular complexity index is 596. The number of carbonyl (C=O) groups is 2. The van der Waals surface area contributed by atoms with Gasteiger partial charge < -0.3 is 10.2 Å². The first-order chi connectivity index (χ1) is 9.95. The van der Waals surface area contributed by atoms with Gasteiger partial charge in [0.1, 0.15) is 0 Å². The highest BCUT2D eigenvalue weighted by molar-refractivity contribution is 6.02. The number of anilines is 1. The Kier molecular flexibility index (Phi) is 3.47. The van der Waals surface area contributed by atoms with Crippen LogP contribution in [0.15, 0.2) is 18.2 Å². The Balaban J connectivity index is 1.85. The molecular weight excluding hydrogens is 264 g/mol. The second-order valence-corrected chi connectivity index (χ2v) is 6.61. The maximum atomic E-state index is 12.8. The number of hydrogen-bond acceptors (Lipinski definition) is 2. The highest BCUT2D eigenvalue weighted by atomic mass is 16.2. The Hall–Kier alpha value is -1.84. The lowest BCUT2D eigenvalue weighted by atomic mass is 9.85. The van der Waals surface area contributed by atoms with E-state index in [0.717, 1.165) is 17.8 Å². The smallest absolute Gasteiger partial charge is 0.254 e. The number of carbonyl (C=O) groups excluding carboxylic acids is 2. The van der Waals surface area contributed by atoms with Gasteiger partial charge in [-0.1, -0.05) is 19.9 Å². The summed E-state index contributed by atoms with van der Waals surface area (Å²) in [6, 6.07) is 5.82. The molecule has 2 aliphatic heterocycles. The third kappa shape index (κ3) is 2.55. The van der Waals surface area contributed by atoms with Crippen molar-refractivity contribution in [3.63, 3.8) is 0 Å². The second kappa shape index (κ2) is 5.17. The van der Waals surface area contributed by atoms with Crippen LogP contribution in [0.25, 0.3) is 0 Å². The van der Waals surface area contributed by atoms with Crippen molar-refractivity contribution in [2.24, 2.45) is 11.8 Å². The van der Waals surface area contributed by atoms with Crippen LogP contribution >= 0.6 is 0 Å². The number of piperidine rings is 1. The van der Waals surface area contributed by atoms with E-state index in [2.05, 4.69) is 26.1 Å². The molecule has 0 spiro atoms. The van der Waals surface area contributed by atoms with Crippen molar-refractivity contribution in [2.45, 2.75) is 39.7 Å². The summed E-state index contributed by atoms with van der Waals surface area (Å²) in [7, 11) is 0. The van der Waals surface area contributed by atoms with Gasteiger partial charge in [0.25, 0.3) is 5.91 Å². The molecule has 21 heavy (non-hydrogen) atoms. The quantitative estimate of drug-likeness (QED) is 0.863. The molecule has 0 aliphatic carbocycles. The second-order valence-electron chi connectivity index (χ2n) is 6.61. The lowest BCUT2D eigenvalue weighted by Gasteiger charge is -2.41. The fourth-order valence-corrected chi connectivity index (χ4v) is 3.50. The number of nitrogens with zero attached hydrogens (tertiary/aromatic N) is 1. The van der Waals surface area contributed by atoms with E-state index in [4.69, 9.17) is 0 Å². The van der Waals surface area contributed by atoms with Crippen LogP contribution in [0.3, 0.4) is 0 Å². The van der Waals surface area contributed by atoms with Crippen molar-refractivity contribution >= 4 is 17.5 Å². The molecule has 4 heteroatoms. The van der Waals surface area contributed by atoms with E-state index >= 15 is 0 Å². The summed E-state index contributed by atoms with van der Waals surface area (Å²) in [4.78, 5) is 26.2. The van der Waals surface area contributed by atoms with Crippen molar-refractivity contribution in [2.75, 3.05) is 11.9 Å². The minimum absolute atomic E-state index is 0.00295. The zero-order valence-corrected chi connectivity index (χ0v) is 12.8. The number of benzene rings is 1. The summed E-state index contributed by atoms with van der Waals surface area (Å²) in [5.74, 6) is 1.13. The van der Waals surface area contributed by atoms with E-state index in [0.29, 0.717) is 23.8 Å². The number of amides is 2. The van der Waals surface area contributed by atoms with Gasteiger partial charge >= 0.3 is 0 Å². The van der Waals surface area contributed by atoms with Gasteiger partial charge in [0.2, 0.25) is 5.91 Å². The molecule has 3 rings (SSSR count). The Labute approximate surface area is 125 Å². The molecule has 1 N–H and O–H groups in total. The molecule has 2 aliphatic rings. The van der Waals surface area contributed by atoms with E-state index < -0.39 is 0 Å². The van der Waals surface area contributed by atoms with E-state index in [-0.39, 0.29) is 17.9 Å². The summed E-state index contributed by atoms with van der Waals surface area (Å²) in [6.07, 6.45) is 1.59. The Morgan fingerprint density at radius 3 is 2.81 bits per heavy atom. The number of hydrogen-bond donors (Lipinski definition) is 1. The SMILES string of the molecule is CC1CC(C)C(C)N(C(=O)c2ccc3c(c2)NC(=O)C3)C1. The van der Waals surface area contributed by atoms with Crippen LogP contribution in [0, 0.1) is 11.8 Å². The average Bonchev–Trinajstić information content (AvgIpc) is 2.81. The zero-order chi connectivity index (χ0) is 15.1. The maximum Gasteiger partial charge on any atom is 0.254 e. The Morgan fingerprint density at radius 1 is 1.29 bits per heavy atom. The lowest BCUT2D eigenvalue weighted by Crippen LogP contribution is -2.48. The van der Waals surface area contributed by atoms with Crippen molar-refractivity contribution in [3.05, 3.63) is 29.3 Å². The fraction of sp³-hybridized carbons (Fsp3) is 0.529. The number of nitrogens with one attached hydrogen (secondary N) is 1. The van der Waals surface area contributed by atoms with Crippen LogP contribution in [0.4, 0.5) is 5.69 Å². The largest absolute Gasteiger partial charge is 0.335 e. The molecule has 1 fully saturated rings. The molecule has 3 atom stereocenters. The average molecular weight is 286 g/mol. The summed E-state index contributed by atoms with van der Waals surface area (Å²) < 4.78 is 0. The fourth-order valence-electron chi connectivity index (χ4n) is 3.50. The van der Waals surface area contributed by atoms with Crippen LogP contribution < -0.4 is 5.32 Å². The van der Waals surface area contributed by atoms with Gasteiger partial charge in [-0.3, -0.25) is 9.59 Å². The monoisotopic (exact) mass is 286 g/mol. The molecule has 1 aromatic rings. The molecule has 1 saturated heterocycles. The standard InChI is InChI=1S/C17H22N2O2/c1-10-6-11(2)12(3)19(9-10)17(21)14-5-4-13-8-16(20)18-15(13)7-14/h4-5,7,10-12H,6,8-9H2,1-3H3,(H,18,20). The first kappa shape index (κ1) is 14.1. The molecule has 0 radical (unpaired) electrons. The summed E-state index contributed by atoms with van der Waals surface area (Å²) in [5.41, 5.74) is 2.44. The lowest BCUT2D eigenvalue weighted by molar-refractivity contribution is -0.115.